The van der Waals surface area contributed by atoms with Crippen molar-refractivity contribution < 1.29 is 94.6 Å². The number of hydrogen-bond acceptors (Lipinski definition) is 8. The molecule has 124 valence electrons. The summed E-state index contributed by atoms with van der Waals surface area (Å²) in [6, 6.07) is 6.09. The van der Waals surface area contributed by atoms with Gasteiger partial charge in [0, 0.05) is 11.1 Å². The third-order valence-electron chi connectivity index (χ3n) is 3.53. The first-order chi connectivity index (χ1) is 11.0. The average molecular weight is 412 g/mol. The van der Waals surface area contributed by atoms with Crippen LogP contribution in [0.3, 0.4) is 0 Å². The minimum Gasteiger partial charge on any atom is -0.744 e. The maximum atomic E-state index is 12.5. The molecule has 0 atom stereocenters. The molecule has 26 heavy (non-hydrogen) atoms. The summed E-state index contributed by atoms with van der Waals surface area (Å²) >= 11 is 0. The Kier molecular flexibility index (Phi) is 7.20. The second kappa shape index (κ2) is 7.92. The fraction of sp³-hybridized carbons (Fsp3) is 0. The Balaban J connectivity index is 0.00000169. The summed E-state index contributed by atoms with van der Waals surface area (Å²) in [6.07, 6.45) is 0. The van der Waals surface area contributed by atoms with Crippen molar-refractivity contribution in [2.45, 2.75) is 9.79 Å². The van der Waals surface area contributed by atoms with E-state index < -0.39 is 63.8 Å². The van der Waals surface area contributed by atoms with Crippen LogP contribution in [0, 0.1) is 0 Å². The minimum atomic E-state index is -5.04. The van der Waals surface area contributed by atoms with Crippen LogP contribution < -0.4 is 59.1 Å². The van der Waals surface area contributed by atoms with Crippen LogP contribution in [0.25, 0.3) is 0 Å². The maximum Gasteiger partial charge on any atom is 1.00 e. The molecular formula is C14H6Na2O8S2. The molecule has 0 amide bonds. The van der Waals surface area contributed by atoms with Crippen molar-refractivity contribution in [3.63, 3.8) is 0 Å². The Morgan fingerprint density at radius 2 is 0.923 bits per heavy atom. The molecule has 0 aliphatic heterocycles. The molecule has 2 aromatic rings. The van der Waals surface area contributed by atoms with Crippen LogP contribution in [0.2, 0.25) is 0 Å². The normalized spacial score (nSPS) is 13.2. The second-order valence-corrected chi connectivity index (χ2v) is 7.62. The number of ketones is 2. The molecule has 0 radical (unpaired) electrons. The number of rotatable bonds is 2. The summed E-state index contributed by atoms with van der Waals surface area (Å²) in [4.78, 5) is 23.3. The van der Waals surface area contributed by atoms with Gasteiger partial charge in [0.1, 0.15) is 20.2 Å². The molecular weight excluding hydrogens is 406 g/mol. The summed E-state index contributed by atoms with van der Waals surface area (Å²) in [7, 11) is -10.1. The van der Waals surface area contributed by atoms with Gasteiger partial charge in [-0.2, -0.15) is 0 Å². The van der Waals surface area contributed by atoms with E-state index in [2.05, 4.69) is 0 Å². The van der Waals surface area contributed by atoms with Crippen molar-refractivity contribution in [2.75, 3.05) is 0 Å². The van der Waals surface area contributed by atoms with Crippen molar-refractivity contribution in [2.24, 2.45) is 0 Å². The molecule has 3 rings (SSSR count). The van der Waals surface area contributed by atoms with Crippen LogP contribution in [0.15, 0.2) is 46.2 Å². The quantitative estimate of drug-likeness (QED) is 0.299. The van der Waals surface area contributed by atoms with E-state index in [1.807, 2.05) is 0 Å². The van der Waals surface area contributed by atoms with Gasteiger partial charge in [-0.25, -0.2) is 16.8 Å². The van der Waals surface area contributed by atoms with Gasteiger partial charge in [0.2, 0.25) is 0 Å². The first-order valence-electron chi connectivity index (χ1n) is 6.30. The van der Waals surface area contributed by atoms with Gasteiger partial charge in [-0.3, -0.25) is 9.59 Å². The first-order valence-corrected chi connectivity index (χ1v) is 9.12. The molecule has 0 bridgehead atoms. The van der Waals surface area contributed by atoms with E-state index in [-0.39, 0.29) is 59.1 Å². The fourth-order valence-corrected chi connectivity index (χ4v) is 3.99. The first kappa shape index (κ1) is 23.6. The molecule has 0 unspecified atom stereocenters. The van der Waals surface area contributed by atoms with E-state index in [4.69, 9.17) is 0 Å². The fourth-order valence-electron chi connectivity index (χ4n) is 2.60. The molecule has 0 fully saturated rings. The van der Waals surface area contributed by atoms with Crippen LogP contribution in [0.5, 0.6) is 0 Å². The average Bonchev–Trinajstić information content (AvgIpc) is 2.49. The SMILES string of the molecule is O=C1c2cccc(S(=O)(=O)[O-])c2C(=O)c2cccc(S(=O)(=O)[O-])c21.[Na+].[Na+]. The standard InChI is InChI=1S/C14H8O8S2.2Na/c15-13-7-3-1-5-9(23(17,18)19)11(7)14(16)8-4-2-6-10(12(8)13)24(20,21)22;;/h1-6H,(H,17,18,19)(H,20,21,22);;/q;2*+1/p-2. The summed E-state index contributed by atoms with van der Waals surface area (Å²) in [5, 5.41) is 0. The van der Waals surface area contributed by atoms with E-state index in [0.717, 1.165) is 36.4 Å². The van der Waals surface area contributed by atoms with Crippen LogP contribution in [-0.4, -0.2) is 37.5 Å². The van der Waals surface area contributed by atoms with Gasteiger partial charge in [0.15, 0.2) is 11.6 Å². The summed E-state index contributed by atoms with van der Waals surface area (Å²) < 4.78 is 68.0. The van der Waals surface area contributed by atoms with Crippen molar-refractivity contribution >= 4 is 31.8 Å². The van der Waals surface area contributed by atoms with Crippen molar-refractivity contribution in [3.05, 3.63) is 58.7 Å². The molecule has 0 saturated carbocycles. The van der Waals surface area contributed by atoms with E-state index in [1.54, 1.807) is 0 Å². The molecule has 0 aromatic heterocycles. The Bertz CT molecular complexity index is 1050. The van der Waals surface area contributed by atoms with Gasteiger partial charge in [-0.15, -0.1) is 0 Å². The summed E-state index contributed by atoms with van der Waals surface area (Å²) in [5.74, 6) is -2.03. The van der Waals surface area contributed by atoms with E-state index in [0.29, 0.717) is 0 Å². The number of carbonyl (C=O) groups excluding carboxylic acids is 2. The Hall–Kier alpha value is -0.400. The van der Waals surface area contributed by atoms with E-state index in [9.17, 15) is 35.5 Å². The van der Waals surface area contributed by atoms with E-state index in [1.165, 1.54) is 0 Å². The largest absolute Gasteiger partial charge is 1.00 e. The van der Waals surface area contributed by atoms with Gasteiger partial charge in [-0.1, -0.05) is 24.3 Å². The van der Waals surface area contributed by atoms with Crippen LogP contribution >= 0.6 is 0 Å². The molecule has 0 spiro atoms. The van der Waals surface area contributed by atoms with Gasteiger partial charge in [0.05, 0.1) is 20.9 Å². The zero-order valence-electron chi connectivity index (χ0n) is 13.5. The predicted molar refractivity (Wildman–Crippen MR) is 75.7 cm³/mol. The van der Waals surface area contributed by atoms with Crippen LogP contribution in [0.1, 0.15) is 31.8 Å². The van der Waals surface area contributed by atoms with Crippen LogP contribution in [-0.2, 0) is 20.2 Å². The Labute approximate surface area is 193 Å². The van der Waals surface area contributed by atoms with Gasteiger partial charge < -0.3 is 9.11 Å². The molecule has 12 heteroatoms. The summed E-state index contributed by atoms with van der Waals surface area (Å²) in [5.41, 5.74) is -2.13. The molecule has 1 aliphatic carbocycles. The molecule has 8 nitrogen and oxygen atoms in total. The van der Waals surface area contributed by atoms with E-state index >= 15 is 0 Å². The van der Waals surface area contributed by atoms with Crippen molar-refractivity contribution in [3.8, 4) is 0 Å². The van der Waals surface area contributed by atoms with Crippen molar-refractivity contribution in [1.29, 1.82) is 0 Å². The zero-order valence-corrected chi connectivity index (χ0v) is 19.2. The molecule has 0 saturated heterocycles. The van der Waals surface area contributed by atoms with Crippen LogP contribution in [0.4, 0.5) is 0 Å². The molecule has 2 aromatic carbocycles. The predicted octanol–water partition coefficient (Wildman–Crippen LogP) is -5.72. The molecule has 0 N–H and O–H groups in total. The second-order valence-electron chi connectivity index (χ2n) is 4.92. The number of carbonyl (C=O) groups is 2. The molecule has 1 aliphatic rings. The summed E-state index contributed by atoms with van der Waals surface area (Å²) in [6.45, 7) is 0. The number of fused-ring (bicyclic) bond motifs is 2. The van der Waals surface area contributed by atoms with Gasteiger partial charge in [0.25, 0.3) is 0 Å². The smallest absolute Gasteiger partial charge is 0.744 e. The third-order valence-corrected chi connectivity index (χ3v) is 5.29. The monoisotopic (exact) mass is 412 g/mol. The number of benzene rings is 2. The maximum absolute atomic E-state index is 12.5. The minimum absolute atomic E-state index is 0. The third kappa shape index (κ3) is 3.90. The Morgan fingerprint density at radius 3 is 1.19 bits per heavy atom. The zero-order chi connectivity index (χ0) is 17.9. The van der Waals surface area contributed by atoms with Gasteiger partial charge in [-0.05, 0) is 12.1 Å². The van der Waals surface area contributed by atoms with Crippen molar-refractivity contribution in [1.82, 2.24) is 0 Å². The van der Waals surface area contributed by atoms with Gasteiger partial charge >= 0.3 is 59.1 Å². The molecule has 0 heterocycles. The topological polar surface area (TPSA) is 149 Å². The number of hydrogen-bond donors (Lipinski definition) is 0. The Morgan fingerprint density at radius 1 is 0.615 bits per heavy atom.